The average Bonchev–Trinajstić information content (AvgIpc) is 2.30. The number of rotatable bonds is 2. The van der Waals surface area contributed by atoms with E-state index in [1.54, 1.807) is 0 Å². The molecule has 2 rings (SSSR count). The van der Waals surface area contributed by atoms with Crippen molar-refractivity contribution in [2.24, 2.45) is 11.7 Å². The number of hydrogen-bond donors (Lipinski definition) is 1. The molecule has 0 aliphatic carbocycles. The molecule has 0 amide bonds. The zero-order valence-corrected chi connectivity index (χ0v) is 12.1. The van der Waals surface area contributed by atoms with E-state index in [9.17, 15) is 0 Å². The van der Waals surface area contributed by atoms with Gasteiger partial charge in [0, 0.05) is 29.8 Å². The van der Waals surface area contributed by atoms with Crippen LogP contribution in [0, 0.1) is 12.8 Å². The first-order valence-electron chi connectivity index (χ1n) is 6.20. The first-order valence-corrected chi connectivity index (χ1v) is 7.00. The number of aromatic nitrogens is 1. The summed E-state index contributed by atoms with van der Waals surface area (Å²) < 4.78 is 1.04. The van der Waals surface area contributed by atoms with E-state index in [0.717, 1.165) is 22.8 Å². The predicted molar refractivity (Wildman–Crippen MR) is 75.3 cm³/mol. The largest absolute Gasteiger partial charge is 0.352 e. The Morgan fingerprint density at radius 2 is 2.35 bits per heavy atom. The summed E-state index contributed by atoms with van der Waals surface area (Å²) >= 11 is 3.46. The van der Waals surface area contributed by atoms with Gasteiger partial charge >= 0.3 is 0 Å². The molecule has 1 fully saturated rings. The van der Waals surface area contributed by atoms with E-state index in [1.807, 2.05) is 6.20 Å². The van der Waals surface area contributed by atoms with Crippen LogP contribution in [0.25, 0.3) is 0 Å². The molecule has 4 heteroatoms. The molecule has 0 bridgehead atoms. The van der Waals surface area contributed by atoms with Crippen LogP contribution >= 0.6 is 15.9 Å². The number of halogens is 1. The molecule has 0 radical (unpaired) electrons. The summed E-state index contributed by atoms with van der Waals surface area (Å²) in [5.41, 5.74) is 7.11. The lowest BCUT2D eigenvalue weighted by molar-refractivity contribution is 0.364. The molecule has 17 heavy (non-hydrogen) atoms. The van der Waals surface area contributed by atoms with Crippen LogP contribution in [0.4, 0.5) is 5.82 Å². The van der Waals surface area contributed by atoms with Crippen molar-refractivity contribution >= 4 is 21.7 Å². The van der Waals surface area contributed by atoms with Gasteiger partial charge in [-0.1, -0.05) is 6.92 Å². The highest BCUT2D eigenvalue weighted by atomic mass is 79.9. The SMILES string of the molecule is Cc1cc(Br)cnc1N1CCC(C)CC1CN. The summed E-state index contributed by atoms with van der Waals surface area (Å²) in [4.78, 5) is 6.92. The molecule has 1 aliphatic rings. The molecule has 0 aromatic carbocycles. The fourth-order valence-corrected chi connectivity index (χ4v) is 3.03. The number of nitrogens with zero attached hydrogens (tertiary/aromatic N) is 2. The van der Waals surface area contributed by atoms with Crippen LogP contribution in [0.2, 0.25) is 0 Å². The summed E-state index contributed by atoms with van der Waals surface area (Å²) in [7, 11) is 0. The van der Waals surface area contributed by atoms with Crippen LogP contribution in [-0.4, -0.2) is 24.1 Å². The van der Waals surface area contributed by atoms with Crippen molar-refractivity contribution in [3.8, 4) is 0 Å². The zero-order chi connectivity index (χ0) is 12.4. The standard InChI is InChI=1S/C13H20BrN3/c1-9-3-4-17(12(5-9)7-15)13-10(2)6-11(14)8-16-13/h6,8-9,12H,3-5,7,15H2,1-2H3. The Morgan fingerprint density at radius 3 is 3.00 bits per heavy atom. The van der Waals surface area contributed by atoms with E-state index in [1.165, 1.54) is 18.4 Å². The van der Waals surface area contributed by atoms with Crippen molar-refractivity contribution in [3.63, 3.8) is 0 Å². The molecule has 1 saturated heterocycles. The van der Waals surface area contributed by atoms with Gasteiger partial charge in [0.2, 0.25) is 0 Å². The van der Waals surface area contributed by atoms with Crippen LogP contribution < -0.4 is 10.6 Å². The van der Waals surface area contributed by atoms with Crippen molar-refractivity contribution < 1.29 is 0 Å². The highest BCUT2D eigenvalue weighted by Crippen LogP contribution is 2.29. The van der Waals surface area contributed by atoms with Crippen molar-refractivity contribution in [1.29, 1.82) is 0 Å². The van der Waals surface area contributed by atoms with Gasteiger partial charge in [0.15, 0.2) is 0 Å². The summed E-state index contributed by atoms with van der Waals surface area (Å²) in [6.45, 7) is 6.20. The Morgan fingerprint density at radius 1 is 1.59 bits per heavy atom. The maximum Gasteiger partial charge on any atom is 0.131 e. The number of pyridine rings is 1. The van der Waals surface area contributed by atoms with Crippen LogP contribution in [0.1, 0.15) is 25.3 Å². The van der Waals surface area contributed by atoms with Gasteiger partial charge in [0.1, 0.15) is 5.82 Å². The van der Waals surface area contributed by atoms with Gasteiger partial charge in [0.25, 0.3) is 0 Å². The van der Waals surface area contributed by atoms with Crippen LogP contribution in [0.3, 0.4) is 0 Å². The Kier molecular flexibility index (Phi) is 4.05. The molecule has 1 aromatic rings. The van der Waals surface area contributed by atoms with Crippen LogP contribution in [0.5, 0.6) is 0 Å². The van der Waals surface area contributed by atoms with Crippen molar-refractivity contribution in [2.45, 2.75) is 32.7 Å². The molecule has 0 saturated carbocycles. The van der Waals surface area contributed by atoms with Gasteiger partial charge in [-0.25, -0.2) is 4.98 Å². The zero-order valence-electron chi connectivity index (χ0n) is 10.5. The van der Waals surface area contributed by atoms with Crippen LogP contribution in [-0.2, 0) is 0 Å². The second kappa shape index (κ2) is 5.36. The molecule has 0 spiro atoms. The van der Waals surface area contributed by atoms with Gasteiger partial charge in [0.05, 0.1) is 0 Å². The van der Waals surface area contributed by atoms with E-state index in [-0.39, 0.29) is 0 Å². The van der Waals surface area contributed by atoms with E-state index in [0.29, 0.717) is 12.6 Å². The first kappa shape index (κ1) is 12.8. The van der Waals surface area contributed by atoms with Gasteiger partial charge in [-0.05, 0) is 53.2 Å². The lowest BCUT2D eigenvalue weighted by Crippen LogP contribution is -2.47. The molecule has 1 aromatic heterocycles. The molecule has 3 nitrogen and oxygen atoms in total. The first-order chi connectivity index (χ1) is 8.11. The molecule has 2 unspecified atom stereocenters. The fraction of sp³-hybridized carbons (Fsp3) is 0.615. The molecule has 2 heterocycles. The third-order valence-electron chi connectivity index (χ3n) is 3.54. The number of piperidine rings is 1. The summed E-state index contributed by atoms with van der Waals surface area (Å²) in [6.07, 6.45) is 4.27. The number of aryl methyl sites for hydroxylation is 1. The highest BCUT2D eigenvalue weighted by molar-refractivity contribution is 9.10. The van der Waals surface area contributed by atoms with Gasteiger partial charge < -0.3 is 10.6 Å². The fourth-order valence-electron chi connectivity index (χ4n) is 2.59. The van der Waals surface area contributed by atoms with Crippen molar-refractivity contribution in [3.05, 3.63) is 22.3 Å². The minimum absolute atomic E-state index is 0.436. The van der Waals surface area contributed by atoms with Gasteiger partial charge in [-0.3, -0.25) is 0 Å². The molecule has 1 aliphatic heterocycles. The molecule has 2 N–H and O–H groups in total. The van der Waals surface area contributed by atoms with E-state index < -0.39 is 0 Å². The second-order valence-electron chi connectivity index (χ2n) is 5.01. The Bertz CT molecular complexity index is 394. The van der Waals surface area contributed by atoms with Crippen molar-refractivity contribution in [1.82, 2.24) is 4.98 Å². The highest BCUT2D eigenvalue weighted by Gasteiger charge is 2.27. The summed E-state index contributed by atoms with van der Waals surface area (Å²) in [5, 5.41) is 0. The van der Waals surface area contributed by atoms with Crippen molar-refractivity contribution in [2.75, 3.05) is 18.0 Å². The van der Waals surface area contributed by atoms with Gasteiger partial charge in [-0.2, -0.15) is 0 Å². The van der Waals surface area contributed by atoms with E-state index >= 15 is 0 Å². The summed E-state index contributed by atoms with van der Waals surface area (Å²) in [6, 6.07) is 2.56. The van der Waals surface area contributed by atoms with E-state index in [2.05, 4.69) is 45.7 Å². The number of nitrogens with two attached hydrogens (primary N) is 1. The maximum absolute atomic E-state index is 5.89. The minimum Gasteiger partial charge on any atom is -0.352 e. The quantitative estimate of drug-likeness (QED) is 0.913. The van der Waals surface area contributed by atoms with Crippen LogP contribution in [0.15, 0.2) is 16.7 Å². The Hall–Kier alpha value is -0.610. The lowest BCUT2D eigenvalue weighted by atomic mass is 9.92. The van der Waals surface area contributed by atoms with E-state index in [4.69, 9.17) is 5.73 Å². The minimum atomic E-state index is 0.436. The predicted octanol–water partition coefficient (Wildman–Crippen LogP) is 2.72. The lowest BCUT2D eigenvalue weighted by Gasteiger charge is -2.39. The third kappa shape index (κ3) is 2.80. The smallest absolute Gasteiger partial charge is 0.131 e. The average molecular weight is 298 g/mol. The summed E-state index contributed by atoms with van der Waals surface area (Å²) in [5.74, 6) is 1.87. The Labute approximate surface area is 112 Å². The molecule has 94 valence electrons. The van der Waals surface area contributed by atoms with Gasteiger partial charge in [-0.15, -0.1) is 0 Å². The number of hydrogen-bond acceptors (Lipinski definition) is 3. The Balaban J connectivity index is 2.25. The topological polar surface area (TPSA) is 42.2 Å². The molecule has 2 atom stereocenters. The number of anilines is 1. The molecular weight excluding hydrogens is 278 g/mol. The molecular formula is C13H20BrN3. The third-order valence-corrected chi connectivity index (χ3v) is 3.97. The monoisotopic (exact) mass is 297 g/mol. The maximum atomic E-state index is 5.89. The second-order valence-corrected chi connectivity index (χ2v) is 5.92. The normalized spacial score (nSPS) is 25.1.